The van der Waals surface area contributed by atoms with Gasteiger partial charge in [0.05, 0.1) is 17.5 Å². The molecule has 1 saturated heterocycles. The Hall–Kier alpha value is -3.17. The zero-order valence-corrected chi connectivity index (χ0v) is 16.9. The van der Waals surface area contributed by atoms with Gasteiger partial charge in [-0.1, -0.05) is 90.5 Å². The smallest absolute Gasteiger partial charge is 0.238 e. The molecule has 2 aliphatic rings. The van der Waals surface area contributed by atoms with Crippen LogP contribution in [0.15, 0.2) is 97.1 Å². The first-order chi connectivity index (χ1) is 14.6. The van der Waals surface area contributed by atoms with Gasteiger partial charge >= 0.3 is 0 Å². The minimum absolute atomic E-state index is 0.142. The largest absolute Gasteiger partial charge is 0.274 e. The van der Waals surface area contributed by atoms with Crippen LogP contribution in [0.4, 0.5) is 5.69 Å². The molecule has 0 N–H and O–H groups in total. The average molecular weight is 414 g/mol. The second kappa shape index (κ2) is 7.58. The maximum Gasteiger partial charge on any atom is 0.238 e. The Morgan fingerprint density at radius 2 is 1.13 bits per heavy atom. The van der Waals surface area contributed by atoms with Gasteiger partial charge in [-0.15, -0.1) is 0 Å². The third kappa shape index (κ3) is 3.06. The topological polar surface area (TPSA) is 37.4 Å². The standard InChI is InChI=1S/C26H20ClNO2/c27-19-12-7-13-20(16-19)28-25(29)23-21(17-8-3-1-4-9-17)14-15-22(24(23)26(28)30)18-10-5-2-6-11-18/h1-16,21-24H. The van der Waals surface area contributed by atoms with Crippen molar-refractivity contribution in [2.45, 2.75) is 11.8 Å². The molecule has 0 bridgehead atoms. The van der Waals surface area contributed by atoms with Crippen LogP contribution in [0, 0.1) is 11.8 Å². The molecule has 1 fully saturated rings. The molecule has 1 aliphatic carbocycles. The van der Waals surface area contributed by atoms with Gasteiger partial charge in [0.2, 0.25) is 11.8 Å². The third-order valence-corrected chi connectivity index (χ3v) is 6.37. The van der Waals surface area contributed by atoms with E-state index in [1.54, 1.807) is 24.3 Å². The lowest BCUT2D eigenvalue weighted by Gasteiger charge is -2.32. The summed E-state index contributed by atoms with van der Waals surface area (Å²) in [6, 6.07) is 26.8. The molecule has 4 unspecified atom stereocenters. The number of imide groups is 1. The van der Waals surface area contributed by atoms with Crippen LogP contribution in [0.2, 0.25) is 5.02 Å². The number of fused-ring (bicyclic) bond motifs is 1. The molecule has 3 aromatic rings. The molecule has 4 atom stereocenters. The molecule has 1 heterocycles. The van der Waals surface area contributed by atoms with Crippen molar-refractivity contribution < 1.29 is 9.59 Å². The molecule has 30 heavy (non-hydrogen) atoms. The van der Waals surface area contributed by atoms with Crippen molar-refractivity contribution in [1.82, 2.24) is 0 Å². The van der Waals surface area contributed by atoms with Crippen LogP contribution in [0.5, 0.6) is 0 Å². The van der Waals surface area contributed by atoms with Crippen molar-refractivity contribution in [2.24, 2.45) is 11.8 Å². The quantitative estimate of drug-likeness (QED) is 0.415. The number of benzene rings is 3. The Balaban J connectivity index is 1.64. The number of carbonyl (C=O) groups excluding carboxylic acids is 2. The normalized spacial score (nSPS) is 25.4. The van der Waals surface area contributed by atoms with Gasteiger partial charge in [-0.25, -0.2) is 4.90 Å². The van der Waals surface area contributed by atoms with E-state index in [4.69, 9.17) is 11.6 Å². The van der Waals surface area contributed by atoms with Gasteiger partial charge in [0.15, 0.2) is 0 Å². The molecule has 0 saturated carbocycles. The molecule has 3 nitrogen and oxygen atoms in total. The fraction of sp³-hybridized carbons (Fsp3) is 0.154. The van der Waals surface area contributed by atoms with Crippen LogP contribution in [-0.4, -0.2) is 11.8 Å². The summed E-state index contributed by atoms with van der Waals surface area (Å²) in [7, 11) is 0. The SMILES string of the molecule is O=C1C2C(c3ccccc3)C=CC(c3ccccc3)C2C(=O)N1c1cccc(Cl)c1. The second-order valence-corrected chi connectivity index (χ2v) is 8.24. The van der Waals surface area contributed by atoms with Crippen molar-refractivity contribution in [3.63, 3.8) is 0 Å². The summed E-state index contributed by atoms with van der Waals surface area (Å²) < 4.78 is 0. The molecule has 4 heteroatoms. The number of allylic oxidation sites excluding steroid dienone is 2. The second-order valence-electron chi connectivity index (χ2n) is 7.80. The molecule has 1 aliphatic heterocycles. The summed E-state index contributed by atoms with van der Waals surface area (Å²) in [4.78, 5) is 28.6. The van der Waals surface area contributed by atoms with E-state index < -0.39 is 11.8 Å². The van der Waals surface area contributed by atoms with Crippen LogP contribution < -0.4 is 4.90 Å². The van der Waals surface area contributed by atoms with E-state index in [0.717, 1.165) is 11.1 Å². The summed E-state index contributed by atoms with van der Waals surface area (Å²) in [6.07, 6.45) is 4.20. The van der Waals surface area contributed by atoms with Crippen molar-refractivity contribution >= 4 is 29.1 Å². The highest BCUT2D eigenvalue weighted by Crippen LogP contribution is 2.50. The van der Waals surface area contributed by atoms with Crippen LogP contribution in [0.25, 0.3) is 0 Å². The number of nitrogens with zero attached hydrogens (tertiary/aromatic N) is 1. The lowest BCUT2D eigenvalue weighted by atomic mass is 9.68. The molecule has 3 aromatic carbocycles. The molecular formula is C26H20ClNO2. The van der Waals surface area contributed by atoms with Crippen LogP contribution >= 0.6 is 11.6 Å². The predicted molar refractivity (Wildman–Crippen MR) is 118 cm³/mol. The minimum atomic E-state index is -0.450. The lowest BCUT2D eigenvalue weighted by Crippen LogP contribution is -2.31. The molecular weight excluding hydrogens is 394 g/mol. The van der Waals surface area contributed by atoms with Crippen molar-refractivity contribution in [1.29, 1.82) is 0 Å². The van der Waals surface area contributed by atoms with E-state index in [0.29, 0.717) is 10.7 Å². The zero-order valence-electron chi connectivity index (χ0n) is 16.2. The number of carbonyl (C=O) groups is 2. The van der Waals surface area contributed by atoms with E-state index >= 15 is 0 Å². The Morgan fingerprint density at radius 1 is 0.633 bits per heavy atom. The van der Waals surface area contributed by atoms with Gasteiger partial charge in [-0.05, 0) is 29.3 Å². The maximum atomic E-state index is 13.7. The van der Waals surface area contributed by atoms with Gasteiger partial charge in [0.25, 0.3) is 0 Å². The Morgan fingerprint density at radius 3 is 1.60 bits per heavy atom. The first-order valence-electron chi connectivity index (χ1n) is 10.1. The van der Waals surface area contributed by atoms with Crippen molar-refractivity contribution in [3.05, 3.63) is 113 Å². The number of rotatable bonds is 3. The summed E-state index contributed by atoms with van der Waals surface area (Å²) in [6.45, 7) is 0. The van der Waals surface area contributed by atoms with Gasteiger partial charge in [-0.3, -0.25) is 9.59 Å². The van der Waals surface area contributed by atoms with Gasteiger partial charge < -0.3 is 0 Å². The van der Waals surface area contributed by atoms with E-state index in [1.165, 1.54) is 4.90 Å². The fourth-order valence-electron chi connectivity index (χ4n) is 4.80. The molecule has 0 aromatic heterocycles. The van der Waals surface area contributed by atoms with E-state index in [9.17, 15) is 9.59 Å². The fourth-order valence-corrected chi connectivity index (χ4v) is 4.99. The first-order valence-corrected chi connectivity index (χ1v) is 10.4. The maximum absolute atomic E-state index is 13.7. The van der Waals surface area contributed by atoms with Crippen LogP contribution in [0.3, 0.4) is 0 Å². The van der Waals surface area contributed by atoms with Gasteiger partial charge in [0, 0.05) is 16.9 Å². The number of anilines is 1. The van der Waals surface area contributed by atoms with Crippen LogP contribution in [-0.2, 0) is 9.59 Å². The molecule has 2 amide bonds. The Bertz CT molecular complexity index is 1060. The lowest BCUT2D eigenvalue weighted by molar-refractivity contribution is -0.122. The minimum Gasteiger partial charge on any atom is -0.274 e. The summed E-state index contributed by atoms with van der Waals surface area (Å²) in [5.41, 5.74) is 2.62. The van der Waals surface area contributed by atoms with Crippen LogP contribution in [0.1, 0.15) is 23.0 Å². The summed E-state index contributed by atoms with van der Waals surface area (Å²) >= 11 is 6.16. The predicted octanol–water partition coefficient (Wildman–Crippen LogP) is 5.58. The summed E-state index contributed by atoms with van der Waals surface area (Å²) in [5, 5.41) is 0.500. The highest BCUT2D eigenvalue weighted by atomic mass is 35.5. The number of hydrogen-bond acceptors (Lipinski definition) is 2. The highest BCUT2D eigenvalue weighted by Gasteiger charge is 2.55. The molecule has 148 valence electrons. The average Bonchev–Trinajstić information content (AvgIpc) is 3.05. The number of hydrogen-bond donors (Lipinski definition) is 0. The van der Waals surface area contributed by atoms with E-state index in [1.807, 2.05) is 60.7 Å². The third-order valence-electron chi connectivity index (χ3n) is 6.13. The Kier molecular flexibility index (Phi) is 4.76. The highest BCUT2D eigenvalue weighted by molar-refractivity contribution is 6.31. The summed E-state index contributed by atoms with van der Waals surface area (Å²) in [5.74, 6) is -1.51. The first kappa shape index (κ1) is 18.8. The van der Waals surface area contributed by atoms with Crippen molar-refractivity contribution in [3.8, 4) is 0 Å². The number of halogens is 1. The Labute approximate surface area is 180 Å². The molecule has 0 spiro atoms. The zero-order chi connectivity index (χ0) is 20.7. The van der Waals surface area contributed by atoms with Crippen molar-refractivity contribution in [2.75, 3.05) is 4.90 Å². The molecule has 0 radical (unpaired) electrons. The van der Waals surface area contributed by atoms with Gasteiger partial charge in [-0.2, -0.15) is 0 Å². The number of amides is 2. The van der Waals surface area contributed by atoms with E-state index in [-0.39, 0.29) is 23.7 Å². The molecule has 5 rings (SSSR count). The monoisotopic (exact) mass is 413 g/mol. The van der Waals surface area contributed by atoms with E-state index in [2.05, 4.69) is 12.2 Å². The van der Waals surface area contributed by atoms with Gasteiger partial charge in [0.1, 0.15) is 0 Å².